The summed E-state index contributed by atoms with van der Waals surface area (Å²) >= 11 is 0. The fraction of sp³-hybridized carbons (Fsp3) is 0.158. The minimum Gasteiger partial charge on any atom is -0.348 e. The Morgan fingerprint density at radius 1 is 1.09 bits per heavy atom. The number of aryl methyl sites for hydroxylation is 2. The molecule has 0 unspecified atom stereocenters. The molecule has 4 nitrogen and oxygen atoms in total. The molecule has 1 aliphatic heterocycles. The maximum atomic E-state index is 12.6. The minimum absolute atomic E-state index is 0.189. The van der Waals surface area contributed by atoms with Crippen LogP contribution in [-0.4, -0.2) is 10.5 Å². The van der Waals surface area contributed by atoms with Crippen molar-refractivity contribution in [1.29, 1.82) is 0 Å². The van der Waals surface area contributed by atoms with Crippen LogP contribution in [0.15, 0.2) is 59.5 Å². The number of rotatable bonds is 3. The molecule has 1 aromatic heterocycles. The number of carbonyl (C=O) groups is 1. The van der Waals surface area contributed by atoms with Crippen LogP contribution in [0.4, 0.5) is 0 Å². The fourth-order valence-corrected chi connectivity index (χ4v) is 3.19. The van der Waals surface area contributed by atoms with E-state index in [0.717, 1.165) is 24.0 Å². The zero-order chi connectivity index (χ0) is 15.8. The van der Waals surface area contributed by atoms with E-state index in [1.54, 1.807) is 12.3 Å². The van der Waals surface area contributed by atoms with Crippen LogP contribution >= 0.6 is 0 Å². The summed E-state index contributed by atoms with van der Waals surface area (Å²) in [6, 6.07) is 15.4. The van der Waals surface area contributed by atoms with Gasteiger partial charge < -0.3 is 9.88 Å². The molecule has 2 heterocycles. The van der Waals surface area contributed by atoms with Crippen molar-refractivity contribution < 1.29 is 4.79 Å². The van der Waals surface area contributed by atoms with Crippen LogP contribution < -0.4 is 10.7 Å². The van der Waals surface area contributed by atoms with E-state index in [9.17, 15) is 9.59 Å². The van der Waals surface area contributed by atoms with Gasteiger partial charge in [-0.05, 0) is 23.6 Å². The Labute approximate surface area is 133 Å². The first-order chi connectivity index (χ1) is 11.2. The standard InChI is InChI=1S/C19H16N2O2/c22-18-15-8-4-7-14-9-10-21(17(14)15)12-16(18)19(23)20-11-13-5-2-1-3-6-13/h1-8,12H,9-11H2,(H,20,23). The monoisotopic (exact) mass is 304 g/mol. The summed E-state index contributed by atoms with van der Waals surface area (Å²) in [6.07, 6.45) is 2.60. The SMILES string of the molecule is O=C(NCc1ccccc1)c1cn2c3c(cccc3c1=O)CC2. The molecule has 0 saturated carbocycles. The molecule has 3 aromatic rings. The molecule has 2 aromatic carbocycles. The van der Waals surface area contributed by atoms with Gasteiger partial charge in [-0.1, -0.05) is 42.5 Å². The van der Waals surface area contributed by atoms with Crippen molar-refractivity contribution in [3.05, 3.63) is 81.6 Å². The van der Waals surface area contributed by atoms with Crippen molar-refractivity contribution in [3.8, 4) is 0 Å². The van der Waals surface area contributed by atoms with Crippen LogP contribution in [-0.2, 0) is 19.5 Å². The van der Waals surface area contributed by atoms with E-state index in [-0.39, 0.29) is 16.9 Å². The smallest absolute Gasteiger partial charge is 0.257 e. The molecule has 0 bridgehead atoms. The summed E-state index contributed by atoms with van der Waals surface area (Å²) in [5.41, 5.74) is 3.18. The Hall–Kier alpha value is -2.88. The molecule has 0 aliphatic carbocycles. The fourth-order valence-electron chi connectivity index (χ4n) is 3.19. The third-order valence-electron chi connectivity index (χ3n) is 4.34. The quantitative estimate of drug-likeness (QED) is 0.808. The molecule has 0 atom stereocenters. The highest BCUT2D eigenvalue weighted by molar-refractivity contribution is 5.98. The third-order valence-corrected chi connectivity index (χ3v) is 4.34. The molecule has 4 heteroatoms. The number of nitrogens with one attached hydrogen (secondary N) is 1. The third kappa shape index (κ3) is 2.32. The number of hydrogen-bond acceptors (Lipinski definition) is 2. The van der Waals surface area contributed by atoms with Gasteiger partial charge in [-0.25, -0.2) is 0 Å². The Kier molecular flexibility index (Phi) is 3.23. The van der Waals surface area contributed by atoms with Gasteiger partial charge in [0.2, 0.25) is 5.43 Å². The first kappa shape index (κ1) is 13.8. The van der Waals surface area contributed by atoms with Gasteiger partial charge in [0, 0.05) is 24.7 Å². The van der Waals surface area contributed by atoms with Crippen molar-refractivity contribution in [2.24, 2.45) is 0 Å². The van der Waals surface area contributed by atoms with Gasteiger partial charge >= 0.3 is 0 Å². The van der Waals surface area contributed by atoms with Crippen LogP contribution in [0, 0.1) is 0 Å². The maximum absolute atomic E-state index is 12.6. The maximum Gasteiger partial charge on any atom is 0.257 e. The molecular formula is C19H16N2O2. The predicted molar refractivity (Wildman–Crippen MR) is 89.5 cm³/mol. The zero-order valence-electron chi connectivity index (χ0n) is 12.6. The molecule has 4 rings (SSSR count). The van der Waals surface area contributed by atoms with Crippen molar-refractivity contribution in [2.45, 2.75) is 19.5 Å². The minimum atomic E-state index is -0.318. The number of carbonyl (C=O) groups excluding carboxylic acids is 1. The van der Waals surface area contributed by atoms with Gasteiger partial charge in [-0.15, -0.1) is 0 Å². The van der Waals surface area contributed by atoms with Crippen molar-refractivity contribution in [1.82, 2.24) is 9.88 Å². The number of para-hydroxylation sites is 1. The Balaban J connectivity index is 1.69. The van der Waals surface area contributed by atoms with Gasteiger partial charge in [0.1, 0.15) is 5.56 Å². The van der Waals surface area contributed by atoms with E-state index < -0.39 is 0 Å². The number of aromatic nitrogens is 1. The first-order valence-electron chi connectivity index (χ1n) is 7.71. The molecule has 0 fully saturated rings. The van der Waals surface area contributed by atoms with Gasteiger partial charge in [0.25, 0.3) is 5.91 Å². The second-order valence-electron chi connectivity index (χ2n) is 5.80. The first-order valence-corrected chi connectivity index (χ1v) is 7.71. The van der Waals surface area contributed by atoms with E-state index in [0.29, 0.717) is 11.9 Å². The molecule has 0 saturated heterocycles. The largest absolute Gasteiger partial charge is 0.348 e. The van der Waals surface area contributed by atoms with Gasteiger partial charge in [-0.2, -0.15) is 0 Å². The van der Waals surface area contributed by atoms with Gasteiger partial charge in [0.05, 0.1) is 5.52 Å². The highest BCUT2D eigenvalue weighted by Crippen LogP contribution is 2.23. The van der Waals surface area contributed by atoms with Crippen LogP contribution in [0.1, 0.15) is 21.5 Å². The number of pyridine rings is 1. The number of benzene rings is 2. The van der Waals surface area contributed by atoms with E-state index in [4.69, 9.17) is 0 Å². The lowest BCUT2D eigenvalue weighted by Gasteiger charge is -2.09. The Morgan fingerprint density at radius 3 is 2.74 bits per heavy atom. The number of nitrogens with zero attached hydrogens (tertiary/aromatic N) is 1. The average molecular weight is 304 g/mol. The Bertz CT molecular complexity index is 958. The zero-order valence-corrected chi connectivity index (χ0v) is 12.6. The van der Waals surface area contributed by atoms with Gasteiger partial charge in [0.15, 0.2) is 0 Å². The molecule has 0 radical (unpaired) electrons. The molecule has 1 aliphatic rings. The topological polar surface area (TPSA) is 51.1 Å². The molecule has 23 heavy (non-hydrogen) atoms. The van der Waals surface area contributed by atoms with Crippen LogP contribution in [0.5, 0.6) is 0 Å². The average Bonchev–Trinajstić information content (AvgIpc) is 3.01. The Morgan fingerprint density at radius 2 is 1.91 bits per heavy atom. The lowest BCUT2D eigenvalue weighted by molar-refractivity contribution is 0.0949. The summed E-state index contributed by atoms with van der Waals surface area (Å²) in [6.45, 7) is 1.23. The highest BCUT2D eigenvalue weighted by atomic mass is 16.2. The molecule has 1 N–H and O–H groups in total. The predicted octanol–water partition coefficient (Wildman–Crippen LogP) is 2.49. The molecule has 0 spiro atoms. The van der Waals surface area contributed by atoms with E-state index in [1.807, 2.05) is 47.0 Å². The van der Waals surface area contributed by atoms with Crippen LogP contribution in [0.3, 0.4) is 0 Å². The summed E-state index contributed by atoms with van der Waals surface area (Å²) in [7, 11) is 0. The lowest BCUT2D eigenvalue weighted by Crippen LogP contribution is -2.29. The number of amides is 1. The van der Waals surface area contributed by atoms with E-state index in [1.165, 1.54) is 5.56 Å². The van der Waals surface area contributed by atoms with Crippen molar-refractivity contribution in [2.75, 3.05) is 0 Å². The lowest BCUT2D eigenvalue weighted by atomic mass is 10.1. The molecule has 114 valence electrons. The second-order valence-corrected chi connectivity index (χ2v) is 5.80. The summed E-state index contributed by atoms with van der Waals surface area (Å²) in [4.78, 5) is 25.1. The van der Waals surface area contributed by atoms with Gasteiger partial charge in [-0.3, -0.25) is 9.59 Å². The molecular weight excluding hydrogens is 288 g/mol. The van der Waals surface area contributed by atoms with E-state index in [2.05, 4.69) is 5.32 Å². The van der Waals surface area contributed by atoms with E-state index >= 15 is 0 Å². The normalized spacial score (nSPS) is 12.5. The van der Waals surface area contributed by atoms with Crippen molar-refractivity contribution >= 4 is 16.8 Å². The number of hydrogen-bond donors (Lipinski definition) is 1. The second kappa shape index (κ2) is 5.39. The van der Waals surface area contributed by atoms with Crippen molar-refractivity contribution in [3.63, 3.8) is 0 Å². The van der Waals surface area contributed by atoms with Crippen LogP contribution in [0.2, 0.25) is 0 Å². The summed E-state index contributed by atoms with van der Waals surface area (Å²) < 4.78 is 2.02. The van der Waals surface area contributed by atoms with Crippen LogP contribution in [0.25, 0.3) is 10.9 Å². The highest BCUT2D eigenvalue weighted by Gasteiger charge is 2.20. The summed E-state index contributed by atoms with van der Waals surface area (Å²) in [5, 5.41) is 3.47. The molecule has 1 amide bonds. The summed E-state index contributed by atoms with van der Waals surface area (Å²) in [5.74, 6) is -0.318.